The Morgan fingerprint density at radius 1 is 1.07 bits per heavy atom. The Bertz CT molecular complexity index is 267. The Morgan fingerprint density at radius 2 is 1.64 bits per heavy atom. The Hall–Kier alpha value is -1.18. The summed E-state index contributed by atoms with van der Waals surface area (Å²) in [4.78, 5) is 2.17. The highest BCUT2D eigenvalue weighted by Crippen LogP contribution is 2.27. The molecular weight excluding hydrogens is 174 g/mol. The molecule has 0 N–H and O–H groups in total. The van der Waals surface area contributed by atoms with Gasteiger partial charge in [0.25, 0.3) is 0 Å². The molecule has 2 nitrogen and oxygen atoms in total. The highest BCUT2D eigenvalue weighted by Gasteiger charge is 2.09. The molecule has 0 bridgehead atoms. The molecule has 0 aliphatic carbocycles. The minimum Gasteiger partial charge on any atom is -0.368 e. The van der Waals surface area contributed by atoms with Crippen LogP contribution >= 0.6 is 0 Å². The fourth-order valence-corrected chi connectivity index (χ4v) is 1.61. The molecule has 1 aromatic carbocycles. The summed E-state index contributed by atoms with van der Waals surface area (Å²) in [5.74, 6) is 0.134. The van der Waals surface area contributed by atoms with Crippen molar-refractivity contribution in [1.29, 1.82) is 0 Å². The zero-order valence-corrected chi connectivity index (χ0v) is 8.99. The number of para-hydroxylation sites is 2. The van der Waals surface area contributed by atoms with Crippen LogP contribution in [0.1, 0.15) is 26.7 Å². The van der Waals surface area contributed by atoms with Gasteiger partial charge in [-0.25, -0.2) is 0 Å². The lowest BCUT2D eigenvalue weighted by Gasteiger charge is -2.23. The van der Waals surface area contributed by atoms with E-state index in [1.807, 2.05) is 12.1 Å². The van der Waals surface area contributed by atoms with Crippen molar-refractivity contribution in [1.82, 2.24) is 0 Å². The molecule has 0 unspecified atom stereocenters. The second kappa shape index (κ2) is 5.53. The van der Waals surface area contributed by atoms with Gasteiger partial charge in [-0.15, -0.1) is 0 Å². The van der Waals surface area contributed by atoms with Crippen LogP contribution in [0, 0.1) is 0 Å². The van der Waals surface area contributed by atoms with Crippen LogP contribution in [0.3, 0.4) is 0 Å². The molecule has 14 heavy (non-hydrogen) atoms. The Morgan fingerprint density at radius 3 is 2.14 bits per heavy atom. The third-order valence-electron chi connectivity index (χ3n) is 2.19. The van der Waals surface area contributed by atoms with Crippen molar-refractivity contribution in [3.8, 4) is 5.75 Å². The summed E-state index contributed by atoms with van der Waals surface area (Å²) in [5.41, 5.74) is 0.844. The van der Waals surface area contributed by atoms with Gasteiger partial charge in [0.15, 0.2) is 0 Å². The first kappa shape index (κ1) is 10.9. The van der Waals surface area contributed by atoms with Gasteiger partial charge in [0.2, 0.25) is 5.75 Å². The number of anilines is 1. The maximum absolute atomic E-state index is 11.6. The van der Waals surface area contributed by atoms with E-state index in [-0.39, 0.29) is 5.75 Å². The van der Waals surface area contributed by atoms with Crippen molar-refractivity contribution in [3.05, 3.63) is 24.3 Å². The summed E-state index contributed by atoms with van der Waals surface area (Å²) < 4.78 is 0. The molecule has 0 aromatic heterocycles. The molecule has 0 aliphatic rings. The SMILES string of the molecule is CCCN(CCC)c1ccccc1[O]. The molecule has 0 saturated heterocycles. The summed E-state index contributed by atoms with van der Waals surface area (Å²) >= 11 is 0. The van der Waals surface area contributed by atoms with Crippen molar-refractivity contribution >= 4 is 5.69 Å². The molecule has 0 saturated carbocycles. The first-order valence-electron chi connectivity index (χ1n) is 5.30. The number of hydrogen-bond donors (Lipinski definition) is 0. The molecule has 1 aromatic rings. The van der Waals surface area contributed by atoms with E-state index in [1.165, 1.54) is 0 Å². The summed E-state index contributed by atoms with van der Waals surface area (Å²) in [6.45, 7) is 6.20. The van der Waals surface area contributed by atoms with Gasteiger partial charge in [-0.05, 0) is 25.0 Å². The number of nitrogens with zero attached hydrogens (tertiary/aromatic N) is 1. The highest BCUT2D eigenvalue weighted by atomic mass is 16.3. The fourth-order valence-electron chi connectivity index (χ4n) is 1.61. The number of hydrogen-bond acceptors (Lipinski definition) is 1. The second-order valence-electron chi connectivity index (χ2n) is 3.45. The van der Waals surface area contributed by atoms with Gasteiger partial charge in [0.05, 0.1) is 5.69 Å². The van der Waals surface area contributed by atoms with E-state index in [0.29, 0.717) is 0 Å². The van der Waals surface area contributed by atoms with Crippen molar-refractivity contribution in [2.45, 2.75) is 26.7 Å². The van der Waals surface area contributed by atoms with Crippen LogP contribution in [0.15, 0.2) is 24.3 Å². The van der Waals surface area contributed by atoms with Gasteiger partial charge in [-0.2, -0.15) is 0 Å². The van der Waals surface area contributed by atoms with E-state index in [2.05, 4.69) is 18.7 Å². The summed E-state index contributed by atoms with van der Waals surface area (Å²) in [7, 11) is 0. The molecule has 0 fully saturated rings. The Balaban J connectivity index is 2.81. The van der Waals surface area contributed by atoms with Crippen LogP contribution in [-0.4, -0.2) is 13.1 Å². The van der Waals surface area contributed by atoms with Crippen molar-refractivity contribution in [3.63, 3.8) is 0 Å². The first-order valence-corrected chi connectivity index (χ1v) is 5.30. The van der Waals surface area contributed by atoms with Crippen LogP contribution in [-0.2, 0) is 5.11 Å². The minimum absolute atomic E-state index is 0.134. The first-order chi connectivity index (χ1) is 6.79. The normalized spacial score (nSPS) is 10.1. The van der Waals surface area contributed by atoms with E-state index in [9.17, 15) is 5.11 Å². The predicted molar refractivity (Wildman–Crippen MR) is 59.4 cm³/mol. The van der Waals surface area contributed by atoms with Gasteiger partial charge in [-0.3, -0.25) is 5.11 Å². The van der Waals surface area contributed by atoms with Crippen LogP contribution in [0.5, 0.6) is 5.75 Å². The van der Waals surface area contributed by atoms with E-state index in [1.54, 1.807) is 12.1 Å². The third kappa shape index (κ3) is 2.66. The summed E-state index contributed by atoms with van der Waals surface area (Å²) in [6, 6.07) is 7.26. The molecule has 1 radical (unpaired) electrons. The lowest BCUT2D eigenvalue weighted by atomic mass is 10.2. The van der Waals surface area contributed by atoms with Crippen LogP contribution in [0.2, 0.25) is 0 Å². The number of rotatable bonds is 5. The van der Waals surface area contributed by atoms with Gasteiger partial charge in [0, 0.05) is 13.1 Å². The van der Waals surface area contributed by atoms with Crippen LogP contribution in [0.4, 0.5) is 5.69 Å². The zero-order chi connectivity index (χ0) is 10.4. The van der Waals surface area contributed by atoms with Gasteiger partial charge in [-0.1, -0.05) is 26.0 Å². The average Bonchev–Trinajstić information content (AvgIpc) is 2.18. The molecule has 2 heteroatoms. The fraction of sp³-hybridized carbons (Fsp3) is 0.500. The summed E-state index contributed by atoms with van der Waals surface area (Å²) in [5, 5.41) is 11.6. The predicted octanol–water partition coefficient (Wildman–Crippen LogP) is 3.46. The maximum atomic E-state index is 11.6. The van der Waals surface area contributed by atoms with E-state index in [0.717, 1.165) is 31.6 Å². The largest absolute Gasteiger partial charge is 0.368 e. The van der Waals surface area contributed by atoms with Gasteiger partial charge < -0.3 is 4.90 Å². The Labute approximate surface area is 86.2 Å². The molecule has 0 heterocycles. The minimum atomic E-state index is 0.134. The van der Waals surface area contributed by atoms with Crippen molar-refractivity contribution in [2.24, 2.45) is 0 Å². The number of benzene rings is 1. The maximum Gasteiger partial charge on any atom is 0.201 e. The van der Waals surface area contributed by atoms with Crippen molar-refractivity contribution < 1.29 is 5.11 Å². The van der Waals surface area contributed by atoms with E-state index in [4.69, 9.17) is 0 Å². The lowest BCUT2D eigenvalue weighted by molar-refractivity contribution is 0.355. The quantitative estimate of drug-likeness (QED) is 0.700. The molecule has 0 spiro atoms. The third-order valence-corrected chi connectivity index (χ3v) is 2.19. The average molecular weight is 192 g/mol. The lowest BCUT2D eigenvalue weighted by Crippen LogP contribution is -2.24. The molecule has 0 amide bonds. The van der Waals surface area contributed by atoms with Gasteiger partial charge in [0.1, 0.15) is 0 Å². The molecular formula is C12H18NO. The summed E-state index contributed by atoms with van der Waals surface area (Å²) in [6.07, 6.45) is 2.16. The van der Waals surface area contributed by atoms with Crippen molar-refractivity contribution in [2.75, 3.05) is 18.0 Å². The Kier molecular flexibility index (Phi) is 4.30. The molecule has 0 atom stereocenters. The smallest absolute Gasteiger partial charge is 0.201 e. The van der Waals surface area contributed by atoms with Crippen LogP contribution in [0.25, 0.3) is 0 Å². The second-order valence-corrected chi connectivity index (χ2v) is 3.45. The molecule has 1 rings (SSSR count). The highest BCUT2D eigenvalue weighted by molar-refractivity contribution is 5.57. The van der Waals surface area contributed by atoms with E-state index >= 15 is 0 Å². The zero-order valence-electron chi connectivity index (χ0n) is 8.99. The van der Waals surface area contributed by atoms with Gasteiger partial charge >= 0.3 is 0 Å². The molecule has 0 aliphatic heterocycles. The standard InChI is InChI=1S/C12H18NO/c1-3-9-13(10-4-2)11-7-5-6-8-12(11)14/h5-8H,3-4,9-10H2,1-2H3. The molecule has 77 valence electrons. The van der Waals surface area contributed by atoms with Crippen LogP contribution < -0.4 is 4.90 Å². The monoisotopic (exact) mass is 192 g/mol. The topological polar surface area (TPSA) is 23.1 Å². The van der Waals surface area contributed by atoms with E-state index < -0.39 is 0 Å².